The topological polar surface area (TPSA) is 106 Å². The summed E-state index contributed by atoms with van der Waals surface area (Å²) in [4.78, 5) is 16.7. The lowest BCUT2D eigenvalue weighted by atomic mass is 10.1. The summed E-state index contributed by atoms with van der Waals surface area (Å²) in [5.74, 6) is 0.575. The number of non-ortho nitro benzene ring substituents is 1. The van der Waals surface area contributed by atoms with Gasteiger partial charge >= 0.3 is 0 Å². The number of benzene rings is 1. The molecule has 0 unspecified atom stereocenters. The Bertz CT molecular complexity index is 912. The van der Waals surface area contributed by atoms with E-state index in [4.69, 9.17) is 4.74 Å². The lowest BCUT2D eigenvalue weighted by Crippen LogP contribution is -2.48. The smallest absolute Gasteiger partial charge is 0.270 e. The Kier molecular flexibility index (Phi) is 5.68. The zero-order chi connectivity index (χ0) is 19.4. The van der Waals surface area contributed by atoms with Gasteiger partial charge in [-0.15, -0.1) is 0 Å². The first-order chi connectivity index (χ1) is 12.9. The molecule has 3 rings (SSSR count). The van der Waals surface area contributed by atoms with E-state index in [0.29, 0.717) is 44.0 Å². The average molecular weight is 392 g/mol. The first-order valence-electron chi connectivity index (χ1n) is 8.35. The molecule has 0 amide bonds. The number of nitro groups is 1. The summed E-state index contributed by atoms with van der Waals surface area (Å²) in [6.07, 6.45) is 2.87. The van der Waals surface area contributed by atoms with E-state index in [1.54, 1.807) is 12.1 Å². The van der Waals surface area contributed by atoms with E-state index in [-0.39, 0.29) is 10.6 Å². The van der Waals surface area contributed by atoms with E-state index in [9.17, 15) is 18.5 Å². The van der Waals surface area contributed by atoms with Crippen molar-refractivity contribution in [2.45, 2.75) is 11.4 Å². The number of rotatable bonds is 6. The Morgan fingerprint density at radius 3 is 2.56 bits per heavy atom. The van der Waals surface area contributed by atoms with Crippen LogP contribution in [-0.4, -0.2) is 60.8 Å². The van der Waals surface area contributed by atoms with Crippen molar-refractivity contribution < 1.29 is 18.1 Å². The number of methoxy groups -OCH3 is 1. The lowest BCUT2D eigenvalue weighted by Gasteiger charge is -2.34. The molecule has 0 N–H and O–H groups in total. The quantitative estimate of drug-likeness (QED) is 0.542. The van der Waals surface area contributed by atoms with Crippen LogP contribution in [-0.2, 0) is 16.6 Å². The molecule has 2 heterocycles. The fourth-order valence-electron chi connectivity index (χ4n) is 3.02. The van der Waals surface area contributed by atoms with Crippen molar-refractivity contribution in [1.29, 1.82) is 0 Å². The van der Waals surface area contributed by atoms with Gasteiger partial charge in [-0.05, 0) is 18.2 Å². The second-order valence-electron chi connectivity index (χ2n) is 6.12. The van der Waals surface area contributed by atoms with Crippen LogP contribution in [0.3, 0.4) is 0 Å². The molecule has 0 atom stereocenters. The zero-order valence-corrected chi connectivity index (χ0v) is 15.6. The maximum Gasteiger partial charge on any atom is 0.270 e. The number of pyridine rings is 1. The maximum atomic E-state index is 12.6. The largest absolute Gasteiger partial charge is 0.496 e. The van der Waals surface area contributed by atoms with Crippen molar-refractivity contribution in [3.05, 3.63) is 58.4 Å². The number of hydrogen-bond acceptors (Lipinski definition) is 7. The molecule has 144 valence electrons. The number of nitro benzene ring substituents is 1. The third kappa shape index (κ3) is 4.24. The summed E-state index contributed by atoms with van der Waals surface area (Å²) in [5.41, 5.74) is 0.707. The summed E-state index contributed by atoms with van der Waals surface area (Å²) in [7, 11) is -2.04. The highest BCUT2D eigenvalue weighted by Gasteiger charge is 2.29. The molecule has 1 fully saturated rings. The first-order valence-corrected chi connectivity index (χ1v) is 9.79. The molecule has 1 aromatic carbocycles. The third-order valence-corrected chi connectivity index (χ3v) is 6.35. The predicted molar refractivity (Wildman–Crippen MR) is 97.9 cm³/mol. The number of ether oxygens (including phenoxy) is 1. The Morgan fingerprint density at radius 2 is 1.96 bits per heavy atom. The molecule has 27 heavy (non-hydrogen) atoms. The van der Waals surface area contributed by atoms with Crippen LogP contribution in [0.15, 0.2) is 47.6 Å². The van der Waals surface area contributed by atoms with Crippen LogP contribution in [0.5, 0.6) is 5.75 Å². The second-order valence-corrected chi connectivity index (χ2v) is 8.06. The highest BCUT2D eigenvalue weighted by molar-refractivity contribution is 7.89. The van der Waals surface area contributed by atoms with Crippen LogP contribution in [0.2, 0.25) is 0 Å². The van der Waals surface area contributed by atoms with Crippen LogP contribution in [0.25, 0.3) is 0 Å². The summed E-state index contributed by atoms with van der Waals surface area (Å²) in [5, 5.41) is 11.0. The highest BCUT2D eigenvalue weighted by atomic mass is 32.2. The first kappa shape index (κ1) is 19.2. The Labute approximate surface area is 157 Å². The molecule has 0 radical (unpaired) electrons. The lowest BCUT2D eigenvalue weighted by molar-refractivity contribution is -0.385. The van der Waals surface area contributed by atoms with Crippen molar-refractivity contribution in [2.24, 2.45) is 0 Å². The standard InChI is InChI=1S/C17H20N4O5S/c1-26-17-5-4-15(21(22)23)11-14(17)13-19-7-9-20(10-8-19)27(24,25)16-3-2-6-18-12-16/h2-6,11-12H,7-10,13H2,1H3. The fraction of sp³-hybridized carbons (Fsp3) is 0.353. The molecular formula is C17H20N4O5S. The monoisotopic (exact) mass is 392 g/mol. The molecule has 9 nitrogen and oxygen atoms in total. The van der Waals surface area contributed by atoms with Gasteiger partial charge < -0.3 is 4.74 Å². The van der Waals surface area contributed by atoms with Crippen LogP contribution in [0, 0.1) is 10.1 Å². The molecule has 0 aliphatic carbocycles. The average Bonchev–Trinajstić information content (AvgIpc) is 2.69. The number of piperazine rings is 1. The van der Waals surface area contributed by atoms with Gasteiger partial charge in [-0.3, -0.25) is 20.0 Å². The van der Waals surface area contributed by atoms with Gasteiger partial charge in [-0.2, -0.15) is 4.31 Å². The minimum atomic E-state index is -3.56. The summed E-state index contributed by atoms with van der Waals surface area (Å²) < 4.78 is 32.0. The molecule has 0 bridgehead atoms. The molecule has 0 saturated carbocycles. The van der Waals surface area contributed by atoms with E-state index in [1.807, 2.05) is 0 Å². The van der Waals surface area contributed by atoms with Gasteiger partial charge in [-0.25, -0.2) is 8.42 Å². The molecule has 1 saturated heterocycles. The van der Waals surface area contributed by atoms with Gasteiger partial charge in [0.2, 0.25) is 10.0 Å². The van der Waals surface area contributed by atoms with Crippen LogP contribution < -0.4 is 4.74 Å². The molecule has 0 spiro atoms. The maximum absolute atomic E-state index is 12.6. The Balaban J connectivity index is 1.68. The van der Waals surface area contributed by atoms with Gasteiger partial charge in [-0.1, -0.05) is 0 Å². The summed E-state index contributed by atoms with van der Waals surface area (Å²) >= 11 is 0. The molecule has 2 aromatic rings. The Morgan fingerprint density at radius 1 is 1.22 bits per heavy atom. The van der Waals surface area contributed by atoms with Gasteiger partial charge in [0, 0.05) is 62.8 Å². The molecular weight excluding hydrogens is 372 g/mol. The minimum absolute atomic E-state index is 0.00333. The van der Waals surface area contributed by atoms with Crippen molar-refractivity contribution in [3.8, 4) is 5.75 Å². The van der Waals surface area contributed by atoms with Crippen LogP contribution in [0.4, 0.5) is 5.69 Å². The van der Waals surface area contributed by atoms with E-state index >= 15 is 0 Å². The van der Waals surface area contributed by atoms with Crippen molar-refractivity contribution in [3.63, 3.8) is 0 Å². The molecule has 1 aliphatic rings. The number of aromatic nitrogens is 1. The van der Waals surface area contributed by atoms with Crippen LogP contribution >= 0.6 is 0 Å². The number of hydrogen-bond donors (Lipinski definition) is 0. The zero-order valence-electron chi connectivity index (χ0n) is 14.8. The van der Waals surface area contributed by atoms with E-state index in [0.717, 1.165) is 0 Å². The van der Waals surface area contributed by atoms with Crippen molar-refractivity contribution in [2.75, 3.05) is 33.3 Å². The molecule has 1 aliphatic heterocycles. The van der Waals surface area contributed by atoms with Crippen LogP contribution in [0.1, 0.15) is 5.56 Å². The molecule has 10 heteroatoms. The van der Waals surface area contributed by atoms with Gasteiger partial charge in [0.05, 0.1) is 12.0 Å². The molecule has 1 aromatic heterocycles. The van der Waals surface area contributed by atoms with Crippen molar-refractivity contribution in [1.82, 2.24) is 14.2 Å². The number of sulfonamides is 1. The van der Waals surface area contributed by atoms with Gasteiger partial charge in [0.25, 0.3) is 5.69 Å². The normalized spacial score (nSPS) is 16.2. The predicted octanol–water partition coefficient (Wildman–Crippen LogP) is 1.50. The summed E-state index contributed by atoms with van der Waals surface area (Å²) in [6.45, 7) is 2.17. The number of nitrogens with zero attached hydrogens (tertiary/aromatic N) is 4. The van der Waals surface area contributed by atoms with Gasteiger partial charge in [0.1, 0.15) is 10.6 Å². The highest BCUT2D eigenvalue weighted by Crippen LogP contribution is 2.26. The van der Waals surface area contributed by atoms with Crippen molar-refractivity contribution >= 4 is 15.7 Å². The SMILES string of the molecule is COc1ccc([N+](=O)[O-])cc1CN1CCN(S(=O)(=O)c2cccnc2)CC1. The fourth-order valence-corrected chi connectivity index (χ4v) is 4.41. The van der Waals surface area contributed by atoms with Gasteiger partial charge in [0.15, 0.2) is 0 Å². The Hall–Kier alpha value is -2.56. The van der Waals surface area contributed by atoms with E-state index < -0.39 is 14.9 Å². The van der Waals surface area contributed by atoms with E-state index in [1.165, 1.54) is 42.0 Å². The second kappa shape index (κ2) is 7.99. The minimum Gasteiger partial charge on any atom is -0.496 e. The van der Waals surface area contributed by atoms with E-state index in [2.05, 4.69) is 9.88 Å². The summed E-state index contributed by atoms with van der Waals surface area (Å²) in [6, 6.07) is 7.61. The third-order valence-electron chi connectivity index (χ3n) is 4.47.